The highest BCUT2D eigenvalue weighted by Gasteiger charge is 2.30. The number of nitrogens with two attached hydrogens (primary N) is 2. The van der Waals surface area contributed by atoms with Crippen molar-refractivity contribution >= 4 is 44.1 Å². The lowest BCUT2D eigenvalue weighted by molar-refractivity contribution is -0.119. The third-order valence-electron chi connectivity index (χ3n) is 3.72. The van der Waals surface area contributed by atoms with Crippen molar-refractivity contribution in [3.63, 3.8) is 0 Å². The summed E-state index contributed by atoms with van der Waals surface area (Å²) in [5, 5.41) is 0.881. The molecule has 1 unspecified atom stereocenters. The molecular weight excluding hydrogens is 320 g/mol. The van der Waals surface area contributed by atoms with Crippen LogP contribution in [0.15, 0.2) is 28.9 Å². The lowest BCUT2D eigenvalue weighted by atomic mass is 10.1. The second-order valence-electron chi connectivity index (χ2n) is 4.98. The molecule has 104 valence electrons. The standard InChI is InChI=1S/C14H15BrN4O/c15-8-6-9-10(16)3-4-11(13(9)18-7-8)19-5-1-2-12(19)14(17)20/h3-4,6-7,12H,1-2,5,16H2,(H2,17,20). The van der Waals surface area contributed by atoms with Crippen molar-refractivity contribution in [3.8, 4) is 0 Å². The van der Waals surface area contributed by atoms with Gasteiger partial charge in [-0.2, -0.15) is 0 Å². The SMILES string of the molecule is NC(=O)C1CCCN1c1ccc(N)c2cc(Br)cnc12. The first kappa shape index (κ1) is 13.2. The van der Waals surface area contributed by atoms with Crippen molar-refractivity contribution < 1.29 is 4.79 Å². The molecule has 2 aromatic rings. The van der Waals surface area contributed by atoms with Crippen LogP contribution < -0.4 is 16.4 Å². The number of carbonyl (C=O) groups excluding carboxylic acids is 1. The molecule has 1 aromatic heterocycles. The van der Waals surface area contributed by atoms with Gasteiger partial charge in [0.2, 0.25) is 5.91 Å². The molecular formula is C14H15BrN4O. The first-order valence-electron chi connectivity index (χ1n) is 6.47. The molecule has 1 fully saturated rings. The second kappa shape index (κ2) is 4.94. The number of pyridine rings is 1. The van der Waals surface area contributed by atoms with Crippen molar-refractivity contribution in [2.45, 2.75) is 18.9 Å². The zero-order valence-corrected chi connectivity index (χ0v) is 12.4. The van der Waals surface area contributed by atoms with E-state index < -0.39 is 0 Å². The highest BCUT2D eigenvalue weighted by molar-refractivity contribution is 9.10. The number of rotatable bonds is 2. The highest BCUT2D eigenvalue weighted by atomic mass is 79.9. The number of benzene rings is 1. The van der Waals surface area contributed by atoms with Gasteiger partial charge in [0, 0.05) is 28.3 Å². The monoisotopic (exact) mass is 334 g/mol. The van der Waals surface area contributed by atoms with Crippen molar-refractivity contribution in [3.05, 3.63) is 28.9 Å². The van der Waals surface area contributed by atoms with Gasteiger partial charge in [-0.3, -0.25) is 9.78 Å². The largest absolute Gasteiger partial charge is 0.398 e. The maximum Gasteiger partial charge on any atom is 0.240 e. The quantitative estimate of drug-likeness (QED) is 0.823. The number of carbonyl (C=O) groups is 1. The molecule has 20 heavy (non-hydrogen) atoms. The van der Waals surface area contributed by atoms with Gasteiger partial charge < -0.3 is 16.4 Å². The van der Waals surface area contributed by atoms with Gasteiger partial charge in [-0.25, -0.2) is 0 Å². The third kappa shape index (κ3) is 2.10. The Kier molecular flexibility index (Phi) is 3.25. The predicted octanol–water partition coefficient (Wildman–Crippen LogP) is 2.03. The van der Waals surface area contributed by atoms with Gasteiger partial charge in [-0.15, -0.1) is 0 Å². The van der Waals surface area contributed by atoms with Crippen LogP contribution in [0.1, 0.15) is 12.8 Å². The smallest absolute Gasteiger partial charge is 0.240 e. The van der Waals surface area contributed by atoms with Gasteiger partial charge in [-0.1, -0.05) is 0 Å². The van der Waals surface area contributed by atoms with Crippen LogP contribution in [0.2, 0.25) is 0 Å². The number of halogens is 1. The van der Waals surface area contributed by atoms with Gasteiger partial charge >= 0.3 is 0 Å². The third-order valence-corrected chi connectivity index (χ3v) is 4.15. The zero-order valence-electron chi connectivity index (χ0n) is 10.8. The Balaban J connectivity index is 2.17. The van der Waals surface area contributed by atoms with E-state index in [1.165, 1.54) is 0 Å². The summed E-state index contributed by atoms with van der Waals surface area (Å²) < 4.78 is 0.877. The Bertz CT molecular complexity index is 688. The molecule has 1 aromatic carbocycles. The van der Waals surface area contributed by atoms with Gasteiger partial charge in [0.1, 0.15) is 6.04 Å². The van der Waals surface area contributed by atoms with Crippen LogP contribution >= 0.6 is 15.9 Å². The van der Waals surface area contributed by atoms with E-state index in [1.54, 1.807) is 6.20 Å². The molecule has 6 heteroatoms. The van der Waals surface area contributed by atoms with Gasteiger partial charge in [-0.05, 0) is 47.0 Å². The molecule has 1 aliphatic heterocycles. The van der Waals surface area contributed by atoms with E-state index in [0.717, 1.165) is 40.4 Å². The fourth-order valence-corrected chi connectivity index (χ4v) is 3.11. The van der Waals surface area contributed by atoms with Crippen molar-refractivity contribution in [2.24, 2.45) is 5.73 Å². The number of hydrogen-bond acceptors (Lipinski definition) is 4. The van der Waals surface area contributed by atoms with Gasteiger partial charge in [0.15, 0.2) is 0 Å². The molecule has 1 saturated heterocycles. The van der Waals surface area contributed by atoms with Crippen molar-refractivity contribution in [1.29, 1.82) is 0 Å². The van der Waals surface area contributed by atoms with E-state index in [1.807, 2.05) is 23.1 Å². The number of hydrogen-bond donors (Lipinski definition) is 2. The molecule has 1 atom stereocenters. The summed E-state index contributed by atoms with van der Waals surface area (Å²) >= 11 is 3.40. The Morgan fingerprint density at radius 2 is 2.25 bits per heavy atom. The molecule has 0 aliphatic carbocycles. The van der Waals surface area contributed by atoms with Gasteiger partial charge in [0.05, 0.1) is 11.2 Å². The highest BCUT2D eigenvalue weighted by Crippen LogP contribution is 2.34. The van der Waals surface area contributed by atoms with Crippen LogP contribution in [0.3, 0.4) is 0 Å². The van der Waals surface area contributed by atoms with Crippen LogP contribution in [0, 0.1) is 0 Å². The topological polar surface area (TPSA) is 85.2 Å². The number of aromatic nitrogens is 1. The Morgan fingerprint density at radius 3 is 3.00 bits per heavy atom. The molecule has 1 aliphatic rings. The Morgan fingerprint density at radius 1 is 1.45 bits per heavy atom. The first-order valence-corrected chi connectivity index (χ1v) is 7.27. The summed E-state index contributed by atoms with van der Waals surface area (Å²) in [4.78, 5) is 18.1. The molecule has 5 nitrogen and oxygen atoms in total. The molecule has 4 N–H and O–H groups in total. The predicted molar refractivity (Wildman–Crippen MR) is 83.4 cm³/mol. The number of primary amides is 1. The van der Waals surface area contributed by atoms with Crippen LogP contribution in [0.25, 0.3) is 10.9 Å². The maximum absolute atomic E-state index is 11.6. The minimum atomic E-state index is -0.287. The lowest BCUT2D eigenvalue weighted by Gasteiger charge is -2.25. The Hall–Kier alpha value is -1.82. The molecule has 0 spiro atoms. The van der Waals surface area contributed by atoms with Crippen molar-refractivity contribution in [1.82, 2.24) is 4.98 Å². The number of nitrogens with zero attached hydrogens (tertiary/aromatic N) is 2. The molecule has 0 radical (unpaired) electrons. The van der Waals surface area contributed by atoms with E-state index in [0.29, 0.717) is 5.69 Å². The van der Waals surface area contributed by atoms with Crippen LogP contribution in [-0.2, 0) is 4.79 Å². The summed E-state index contributed by atoms with van der Waals surface area (Å²) in [7, 11) is 0. The van der Waals surface area contributed by atoms with E-state index in [9.17, 15) is 4.79 Å². The summed E-state index contributed by atoms with van der Waals surface area (Å²) in [6.45, 7) is 0.810. The maximum atomic E-state index is 11.6. The average molecular weight is 335 g/mol. The molecule has 0 saturated carbocycles. The fourth-order valence-electron chi connectivity index (χ4n) is 2.78. The number of nitrogen functional groups attached to an aromatic ring is 1. The van der Waals surface area contributed by atoms with E-state index in [4.69, 9.17) is 11.5 Å². The van der Waals surface area contributed by atoms with Crippen molar-refractivity contribution in [2.75, 3.05) is 17.2 Å². The second-order valence-corrected chi connectivity index (χ2v) is 5.89. The van der Waals surface area contributed by atoms with Crippen LogP contribution in [-0.4, -0.2) is 23.5 Å². The number of fused-ring (bicyclic) bond motifs is 1. The molecule has 2 heterocycles. The minimum Gasteiger partial charge on any atom is -0.398 e. The van der Waals surface area contributed by atoms with Crippen LogP contribution in [0.5, 0.6) is 0 Å². The molecule has 1 amide bonds. The molecule has 0 bridgehead atoms. The van der Waals surface area contributed by atoms with E-state index >= 15 is 0 Å². The summed E-state index contributed by atoms with van der Waals surface area (Å²) in [5.74, 6) is -0.287. The lowest BCUT2D eigenvalue weighted by Crippen LogP contribution is -2.40. The fraction of sp³-hybridized carbons (Fsp3) is 0.286. The van der Waals surface area contributed by atoms with Gasteiger partial charge in [0.25, 0.3) is 0 Å². The Labute approximate surface area is 125 Å². The van der Waals surface area contributed by atoms with Crippen LogP contribution in [0.4, 0.5) is 11.4 Å². The summed E-state index contributed by atoms with van der Waals surface area (Å²) in [6.07, 6.45) is 3.48. The first-order chi connectivity index (χ1) is 9.58. The number of amides is 1. The normalized spacial score (nSPS) is 18.6. The van der Waals surface area contributed by atoms with E-state index in [-0.39, 0.29) is 11.9 Å². The summed E-state index contributed by atoms with van der Waals surface area (Å²) in [6, 6.07) is 5.45. The zero-order chi connectivity index (χ0) is 14.3. The van der Waals surface area contributed by atoms with E-state index in [2.05, 4.69) is 20.9 Å². The minimum absolute atomic E-state index is 0.257. The molecule has 3 rings (SSSR count). The number of anilines is 2. The summed E-state index contributed by atoms with van der Waals surface area (Å²) in [5.41, 5.74) is 13.9. The average Bonchev–Trinajstić information content (AvgIpc) is 2.89.